The maximum atomic E-state index is 11.8. The van der Waals surface area contributed by atoms with Gasteiger partial charge in [-0.05, 0) is 33.7 Å². The lowest BCUT2D eigenvalue weighted by molar-refractivity contribution is -0.139. The number of hydrogen-bond donors (Lipinski definition) is 1. The van der Waals surface area contributed by atoms with Gasteiger partial charge < -0.3 is 13.8 Å². The van der Waals surface area contributed by atoms with E-state index in [0.717, 1.165) is 32.7 Å². The summed E-state index contributed by atoms with van der Waals surface area (Å²) >= 11 is 5.81. The molecule has 5 rings (SSSR count). The van der Waals surface area contributed by atoms with Crippen LogP contribution in [0.25, 0.3) is 21.5 Å². The SMILES string of the molecule is COC(=O)CNP1(=S)Oc2ccc3ccccc3c2Cc2c(ccc3ccccc23)O1. The van der Waals surface area contributed by atoms with Gasteiger partial charge in [-0.3, -0.25) is 4.79 Å². The lowest BCUT2D eigenvalue weighted by Crippen LogP contribution is -2.26. The minimum Gasteiger partial charge on any atom is -0.468 e. The van der Waals surface area contributed by atoms with Gasteiger partial charge in [-0.15, -0.1) is 0 Å². The summed E-state index contributed by atoms with van der Waals surface area (Å²) in [6.45, 7) is -3.19. The molecule has 5 nitrogen and oxygen atoms in total. The maximum Gasteiger partial charge on any atom is 0.365 e. The highest BCUT2D eigenvalue weighted by molar-refractivity contribution is 8.09. The van der Waals surface area contributed by atoms with E-state index in [9.17, 15) is 4.79 Å². The van der Waals surface area contributed by atoms with Crippen molar-refractivity contribution in [3.05, 3.63) is 83.9 Å². The molecule has 0 bridgehead atoms. The molecule has 0 spiro atoms. The van der Waals surface area contributed by atoms with Crippen molar-refractivity contribution < 1.29 is 18.6 Å². The number of benzene rings is 4. The van der Waals surface area contributed by atoms with Crippen LogP contribution in [0, 0.1) is 0 Å². The van der Waals surface area contributed by atoms with E-state index < -0.39 is 12.6 Å². The Bertz CT molecular complexity index is 1280. The minimum absolute atomic E-state index is 0.0976. The molecule has 7 heteroatoms. The van der Waals surface area contributed by atoms with Crippen LogP contribution in [0.4, 0.5) is 0 Å². The molecule has 1 aliphatic heterocycles. The smallest absolute Gasteiger partial charge is 0.365 e. The topological polar surface area (TPSA) is 56.8 Å². The van der Waals surface area contributed by atoms with Crippen LogP contribution >= 0.6 is 6.64 Å². The molecule has 156 valence electrons. The van der Waals surface area contributed by atoms with E-state index in [1.807, 2.05) is 48.5 Å². The predicted octanol–water partition coefficient (Wildman–Crippen LogP) is 5.34. The first-order valence-electron chi connectivity index (χ1n) is 9.89. The molecule has 1 heterocycles. The second-order valence-corrected chi connectivity index (χ2v) is 10.4. The van der Waals surface area contributed by atoms with Crippen LogP contribution < -0.4 is 14.1 Å². The Labute approximate surface area is 185 Å². The van der Waals surface area contributed by atoms with Gasteiger partial charge in [0.2, 0.25) is 0 Å². The van der Waals surface area contributed by atoms with Crippen LogP contribution in [0.5, 0.6) is 11.5 Å². The van der Waals surface area contributed by atoms with Crippen molar-refractivity contribution in [1.82, 2.24) is 5.09 Å². The summed E-state index contributed by atoms with van der Waals surface area (Å²) < 4.78 is 17.3. The zero-order chi connectivity index (χ0) is 21.4. The molecule has 4 aromatic rings. The molecular formula is C24H20NO4PS. The molecule has 0 amide bonds. The number of hydrogen-bond acceptors (Lipinski definition) is 5. The van der Waals surface area contributed by atoms with Crippen molar-refractivity contribution in [1.29, 1.82) is 0 Å². The number of carbonyl (C=O) groups excluding carboxylic acids is 1. The number of nitrogens with one attached hydrogen (secondary N) is 1. The largest absolute Gasteiger partial charge is 0.468 e. The Morgan fingerprint density at radius 1 is 0.903 bits per heavy atom. The summed E-state index contributed by atoms with van der Waals surface area (Å²) in [5, 5.41) is 7.47. The number of methoxy groups -OCH3 is 1. The van der Waals surface area contributed by atoms with E-state index in [0.29, 0.717) is 17.9 Å². The second-order valence-electron chi connectivity index (χ2n) is 7.29. The molecule has 1 N–H and O–H groups in total. The van der Waals surface area contributed by atoms with Gasteiger partial charge in [0.15, 0.2) is 0 Å². The fraction of sp³-hybridized carbons (Fsp3) is 0.125. The van der Waals surface area contributed by atoms with Crippen molar-refractivity contribution in [2.24, 2.45) is 0 Å². The Hall–Kier alpha value is -2.92. The third-order valence-corrected chi connectivity index (χ3v) is 7.68. The second kappa shape index (κ2) is 7.97. The highest BCUT2D eigenvalue weighted by atomic mass is 32.5. The molecule has 0 saturated heterocycles. The maximum absolute atomic E-state index is 11.8. The summed E-state index contributed by atoms with van der Waals surface area (Å²) in [7, 11) is 1.33. The number of fused-ring (bicyclic) bond motifs is 6. The summed E-state index contributed by atoms with van der Waals surface area (Å²) in [4.78, 5) is 11.8. The average molecular weight is 449 g/mol. The fourth-order valence-electron chi connectivity index (χ4n) is 3.92. The quantitative estimate of drug-likeness (QED) is 0.337. The van der Waals surface area contributed by atoms with E-state index in [4.69, 9.17) is 25.6 Å². The third kappa shape index (κ3) is 3.79. The summed E-state index contributed by atoms with van der Waals surface area (Å²) in [6, 6.07) is 24.3. The van der Waals surface area contributed by atoms with Crippen LogP contribution in [0.15, 0.2) is 72.8 Å². The van der Waals surface area contributed by atoms with Crippen LogP contribution in [-0.2, 0) is 27.8 Å². The van der Waals surface area contributed by atoms with Gasteiger partial charge >= 0.3 is 12.6 Å². The summed E-state index contributed by atoms with van der Waals surface area (Å²) in [6.07, 6.45) is 0.639. The van der Waals surface area contributed by atoms with Crippen molar-refractivity contribution in [2.45, 2.75) is 6.42 Å². The van der Waals surface area contributed by atoms with Gasteiger partial charge in [-0.25, -0.2) is 5.09 Å². The number of rotatable bonds is 3. The number of ether oxygens (including phenoxy) is 1. The highest BCUT2D eigenvalue weighted by Gasteiger charge is 2.30. The molecule has 0 atom stereocenters. The van der Waals surface area contributed by atoms with Crippen LogP contribution in [0.2, 0.25) is 0 Å². The van der Waals surface area contributed by atoms with Crippen molar-refractivity contribution in [2.75, 3.05) is 13.7 Å². The molecule has 0 fully saturated rings. The summed E-state index contributed by atoms with van der Waals surface area (Å²) in [5.74, 6) is 0.895. The number of esters is 1. The molecule has 0 aliphatic carbocycles. The zero-order valence-corrected chi connectivity index (χ0v) is 18.5. The van der Waals surface area contributed by atoms with Gasteiger partial charge in [-0.2, -0.15) is 0 Å². The average Bonchev–Trinajstić information content (AvgIpc) is 2.79. The van der Waals surface area contributed by atoms with E-state index in [-0.39, 0.29) is 6.54 Å². The minimum atomic E-state index is -3.09. The Balaban J connectivity index is 1.73. The first-order chi connectivity index (χ1) is 15.1. The van der Waals surface area contributed by atoms with Crippen molar-refractivity contribution >= 4 is 46.0 Å². The van der Waals surface area contributed by atoms with Gasteiger partial charge in [0.25, 0.3) is 0 Å². The van der Waals surface area contributed by atoms with Gasteiger partial charge in [0, 0.05) is 29.4 Å². The van der Waals surface area contributed by atoms with E-state index in [1.54, 1.807) is 0 Å². The molecule has 0 saturated carbocycles. The lowest BCUT2D eigenvalue weighted by atomic mass is 9.93. The summed E-state index contributed by atoms with van der Waals surface area (Å²) in [5.41, 5.74) is 2.10. The molecule has 31 heavy (non-hydrogen) atoms. The molecule has 0 radical (unpaired) electrons. The zero-order valence-electron chi connectivity index (χ0n) is 16.8. The fourth-order valence-corrected chi connectivity index (χ4v) is 5.94. The Morgan fingerprint density at radius 2 is 1.42 bits per heavy atom. The van der Waals surface area contributed by atoms with Gasteiger partial charge in [0.05, 0.1) is 7.11 Å². The van der Waals surface area contributed by atoms with Crippen LogP contribution in [0.1, 0.15) is 11.1 Å². The normalized spacial score (nSPS) is 14.5. The highest BCUT2D eigenvalue weighted by Crippen LogP contribution is 2.51. The lowest BCUT2D eigenvalue weighted by Gasteiger charge is -2.29. The van der Waals surface area contributed by atoms with Crippen LogP contribution in [-0.4, -0.2) is 19.6 Å². The molecular weight excluding hydrogens is 429 g/mol. The monoisotopic (exact) mass is 449 g/mol. The van der Waals surface area contributed by atoms with Crippen LogP contribution in [0.3, 0.4) is 0 Å². The first-order valence-corrected chi connectivity index (χ1v) is 12.5. The Kier molecular flexibility index (Phi) is 5.14. The van der Waals surface area contributed by atoms with Gasteiger partial charge in [-0.1, -0.05) is 60.7 Å². The molecule has 1 aliphatic rings. The predicted molar refractivity (Wildman–Crippen MR) is 126 cm³/mol. The van der Waals surface area contributed by atoms with Crippen molar-refractivity contribution in [3.8, 4) is 11.5 Å². The van der Waals surface area contributed by atoms with E-state index in [1.165, 1.54) is 7.11 Å². The third-order valence-electron chi connectivity index (χ3n) is 5.43. The first kappa shape index (κ1) is 20.0. The number of carbonyl (C=O) groups is 1. The molecule has 4 aromatic carbocycles. The van der Waals surface area contributed by atoms with Crippen molar-refractivity contribution in [3.63, 3.8) is 0 Å². The standard InChI is InChI=1S/C24H20NO4PS/c1-27-24(26)15-25-30(31)28-22-12-10-16-6-2-4-8-18(16)20(22)14-21-19-9-5-3-7-17(19)11-13-23(21)29-30/h2-13H,14-15H2,1H3,(H,25,31). The van der Waals surface area contributed by atoms with E-state index in [2.05, 4.69) is 29.4 Å². The Morgan fingerprint density at radius 3 is 1.94 bits per heavy atom. The molecule has 0 unspecified atom stereocenters. The van der Waals surface area contributed by atoms with E-state index >= 15 is 0 Å². The molecule has 0 aromatic heterocycles. The van der Waals surface area contributed by atoms with Gasteiger partial charge in [0.1, 0.15) is 18.0 Å².